The molecule has 0 aliphatic heterocycles. The van der Waals surface area contributed by atoms with E-state index < -0.39 is 17.1 Å². The molecular weight excluding hydrogens is 220 g/mol. The van der Waals surface area contributed by atoms with Crippen molar-refractivity contribution in [2.45, 2.75) is 19.9 Å². The van der Waals surface area contributed by atoms with E-state index in [0.717, 1.165) is 6.20 Å². The molecule has 0 aliphatic rings. The number of carbonyl (C=O) groups is 1. The Kier molecular flexibility index (Phi) is 3.36. The molecule has 0 aliphatic carbocycles. The third-order valence-electron chi connectivity index (χ3n) is 1.65. The van der Waals surface area contributed by atoms with Gasteiger partial charge in [-0.2, -0.15) is 0 Å². The van der Waals surface area contributed by atoms with Crippen molar-refractivity contribution in [2.24, 2.45) is 0 Å². The Balaban J connectivity index is 3.11. The smallest absolute Gasteiger partial charge is 0.269 e. The lowest BCUT2D eigenvalue weighted by Crippen LogP contribution is -2.31. The monoisotopic (exact) mass is 230 g/mol. The van der Waals surface area contributed by atoms with Crippen molar-refractivity contribution in [1.29, 1.82) is 0 Å². The number of aromatic hydroxyl groups is 1. The second kappa shape index (κ2) is 4.35. The molecule has 0 unspecified atom stereocenters. The van der Waals surface area contributed by atoms with E-state index in [1.165, 1.54) is 0 Å². The summed E-state index contributed by atoms with van der Waals surface area (Å²) in [4.78, 5) is 25.1. The van der Waals surface area contributed by atoms with E-state index in [9.17, 15) is 9.59 Å². The third-order valence-corrected chi connectivity index (χ3v) is 2.01. The van der Waals surface area contributed by atoms with Crippen LogP contribution in [0.3, 0.4) is 0 Å². The van der Waals surface area contributed by atoms with Gasteiger partial charge in [0, 0.05) is 12.2 Å². The molecule has 1 aromatic heterocycles. The summed E-state index contributed by atoms with van der Waals surface area (Å²) >= 11 is 5.61. The fourth-order valence-electron chi connectivity index (χ4n) is 0.995. The Bertz CT molecular complexity index is 439. The van der Waals surface area contributed by atoms with Crippen LogP contribution in [0.25, 0.3) is 0 Å². The third kappa shape index (κ3) is 2.50. The second-order valence-electron chi connectivity index (χ2n) is 3.32. The van der Waals surface area contributed by atoms with Gasteiger partial charge in [0.05, 0.1) is 0 Å². The van der Waals surface area contributed by atoms with Crippen LogP contribution in [0.1, 0.15) is 24.3 Å². The fourth-order valence-corrected chi connectivity index (χ4v) is 1.23. The highest BCUT2D eigenvalue weighted by molar-refractivity contribution is 6.33. The average Bonchev–Trinajstić information content (AvgIpc) is 2.13. The number of carbonyl (C=O) groups excluding carboxylic acids is 1. The van der Waals surface area contributed by atoms with Crippen LogP contribution in [0.4, 0.5) is 0 Å². The number of hydrogen-bond acceptors (Lipinski definition) is 3. The van der Waals surface area contributed by atoms with Crippen LogP contribution in [0.2, 0.25) is 5.02 Å². The molecule has 15 heavy (non-hydrogen) atoms. The lowest BCUT2D eigenvalue weighted by molar-refractivity contribution is 0.0938. The highest BCUT2D eigenvalue weighted by Crippen LogP contribution is 2.11. The van der Waals surface area contributed by atoms with E-state index in [2.05, 4.69) is 10.3 Å². The minimum atomic E-state index is -0.760. The molecule has 0 saturated carbocycles. The van der Waals surface area contributed by atoms with Gasteiger partial charge in [0.25, 0.3) is 5.91 Å². The molecule has 0 saturated heterocycles. The van der Waals surface area contributed by atoms with E-state index in [1.807, 2.05) is 0 Å². The van der Waals surface area contributed by atoms with Crippen LogP contribution < -0.4 is 10.7 Å². The Morgan fingerprint density at radius 2 is 2.20 bits per heavy atom. The summed E-state index contributed by atoms with van der Waals surface area (Å²) in [5.74, 6) is -0.992. The number of aromatic nitrogens is 1. The summed E-state index contributed by atoms with van der Waals surface area (Å²) in [6.07, 6.45) is 1.03. The van der Waals surface area contributed by atoms with Crippen LogP contribution in [0, 0.1) is 0 Å². The number of halogens is 1. The molecule has 5 nitrogen and oxygen atoms in total. The standard InChI is InChI=1S/C9H11ClN2O3/c1-4(2)12-9(15)7-6(10)8(14)5(13)3-11-7/h3-4,13H,1-2H3,(H,11,14)(H,12,15). The van der Waals surface area contributed by atoms with Gasteiger partial charge in [-0.25, -0.2) is 0 Å². The van der Waals surface area contributed by atoms with Crippen molar-refractivity contribution < 1.29 is 9.90 Å². The van der Waals surface area contributed by atoms with Crippen molar-refractivity contribution in [3.63, 3.8) is 0 Å². The quantitative estimate of drug-likeness (QED) is 0.705. The summed E-state index contributed by atoms with van der Waals surface area (Å²) in [6.45, 7) is 3.56. The van der Waals surface area contributed by atoms with Gasteiger partial charge in [-0.3, -0.25) is 9.59 Å². The van der Waals surface area contributed by atoms with Crippen LogP contribution in [0.5, 0.6) is 5.75 Å². The van der Waals surface area contributed by atoms with Crippen molar-refractivity contribution >= 4 is 17.5 Å². The maximum absolute atomic E-state index is 11.5. The summed E-state index contributed by atoms with van der Waals surface area (Å²) in [5.41, 5.74) is -0.808. The Hall–Kier alpha value is -1.49. The molecule has 0 spiro atoms. The first-order valence-corrected chi connectivity index (χ1v) is 4.72. The van der Waals surface area contributed by atoms with Gasteiger partial charge >= 0.3 is 0 Å². The van der Waals surface area contributed by atoms with Gasteiger partial charge in [0.15, 0.2) is 5.75 Å². The van der Waals surface area contributed by atoms with Crippen molar-refractivity contribution in [3.05, 3.63) is 27.1 Å². The minimum absolute atomic E-state index is 0.0480. The molecule has 0 aromatic carbocycles. The maximum atomic E-state index is 11.5. The normalized spacial score (nSPS) is 10.4. The number of amides is 1. The highest BCUT2D eigenvalue weighted by Gasteiger charge is 2.15. The minimum Gasteiger partial charge on any atom is -0.503 e. The maximum Gasteiger partial charge on any atom is 0.269 e. The second-order valence-corrected chi connectivity index (χ2v) is 3.70. The lowest BCUT2D eigenvalue weighted by atomic mass is 10.3. The molecule has 0 atom stereocenters. The predicted octanol–water partition coefficient (Wildman–Crippen LogP) is 0.872. The van der Waals surface area contributed by atoms with Gasteiger partial charge in [-0.05, 0) is 13.8 Å². The van der Waals surface area contributed by atoms with Crippen LogP contribution >= 0.6 is 11.6 Å². The molecule has 0 fully saturated rings. The number of nitrogens with one attached hydrogen (secondary N) is 2. The van der Waals surface area contributed by atoms with E-state index >= 15 is 0 Å². The molecule has 82 valence electrons. The SMILES string of the molecule is CC(C)NC(=O)c1[nH]cc(O)c(=O)c1Cl. The molecular formula is C9H11ClN2O3. The van der Waals surface area contributed by atoms with Gasteiger partial charge < -0.3 is 15.4 Å². The van der Waals surface area contributed by atoms with Crippen LogP contribution in [-0.2, 0) is 0 Å². The first-order valence-electron chi connectivity index (χ1n) is 4.34. The fraction of sp³-hybridized carbons (Fsp3) is 0.333. The topological polar surface area (TPSA) is 82.2 Å². The number of rotatable bonds is 2. The first kappa shape index (κ1) is 11.6. The van der Waals surface area contributed by atoms with E-state index in [-0.39, 0.29) is 16.8 Å². The lowest BCUT2D eigenvalue weighted by Gasteiger charge is -2.08. The molecule has 1 amide bonds. The number of H-pyrrole nitrogens is 1. The van der Waals surface area contributed by atoms with Crippen molar-refractivity contribution in [1.82, 2.24) is 10.3 Å². The van der Waals surface area contributed by atoms with Crippen molar-refractivity contribution in [3.8, 4) is 5.75 Å². The molecule has 1 aromatic rings. The van der Waals surface area contributed by atoms with E-state index in [0.29, 0.717) is 0 Å². The first-order chi connectivity index (χ1) is 6.93. The molecule has 0 radical (unpaired) electrons. The average molecular weight is 231 g/mol. The Morgan fingerprint density at radius 3 is 2.73 bits per heavy atom. The summed E-state index contributed by atoms with van der Waals surface area (Å²) in [7, 11) is 0. The van der Waals surface area contributed by atoms with Gasteiger partial charge in [-0.1, -0.05) is 11.6 Å². The highest BCUT2D eigenvalue weighted by atomic mass is 35.5. The van der Waals surface area contributed by atoms with E-state index in [1.54, 1.807) is 13.8 Å². The predicted molar refractivity (Wildman–Crippen MR) is 56.3 cm³/mol. The zero-order valence-electron chi connectivity index (χ0n) is 8.30. The summed E-state index contributed by atoms with van der Waals surface area (Å²) < 4.78 is 0. The molecule has 1 heterocycles. The van der Waals surface area contributed by atoms with Crippen molar-refractivity contribution in [2.75, 3.05) is 0 Å². The largest absolute Gasteiger partial charge is 0.503 e. The van der Waals surface area contributed by atoms with Crippen LogP contribution in [-0.4, -0.2) is 22.0 Å². The molecule has 3 N–H and O–H groups in total. The Morgan fingerprint density at radius 1 is 1.60 bits per heavy atom. The van der Waals surface area contributed by atoms with E-state index in [4.69, 9.17) is 16.7 Å². The van der Waals surface area contributed by atoms with Crippen LogP contribution in [0.15, 0.2) is 11.0 Å². The Labute approximate surface area is 91.1 Å². The van der Waals surface area contributed by atoms with Gasteiger partial charge in [-0.15, -0.1) is 0 Å². The number of pyridine rings is 1. The summed E-state index contributed by atoms with van der Waals surface area (Å²) in [5, 5.41) is 11.3. The number of hydrogen-bond donors (Lipinski definition) is 3. The molecule has 1 rings (SSSR count). The summed E-state index contributed by atoms with van der Waals surface area (Å²) in [6, 6.07) is -0.0640. The zero-order chi connectivity index (χ0) is 11.6. The molecule has 0 bridgehead atoms. The molecule has 6 heteroatoms. The number of aromatic amines is 1. The van der Waals surface area contributed by atoms with Gasteiger partial charge in [0.2, 0.25) is 5.43 Å². The zero-order valence-corrected chi connectivity index (χ0v) is 9.05. The van der Waals surface area contributed by atoms with Gasteiger partial charge in [0.1, 0.15) is 10.7 Å².